The van der Waals surface area contributed by atoms with Gasteiger partial charge < -0.3 is 58.7 Å². The standard InChI is InChI=1S/C26H35N13O9S2/c1-26(2,24(46)47)48-35-15(19-34-25(30)50-36-19)20(42)33-16-21(43)39-17(23(44)45)10(9-49-22(16)39)7-38-8-12(18(29)37(38)3)32-14(41)4-13(40)31-11(5-27)6-28/h8,11,16,22,29H,4-7,9,27-28H2,1-3H3,(H7,30,31,32,33,34,36,40,41,42,44,45,46,47)/b35-15-/t16-,22-/m1/s1. The van der Waals surface area contributed by atoms with Crippen LogP contribution in [-0.2, 0) is 47.2 Å². The number of aromatic nitrogens is 4. The highest BCUT2D eigenvalue weighted by atomic mass is 32.2. The fourth-order valence-electron chi connectivity index (χ4n) is 4.61. The average Bonchev–Trinajstić information content (AvgIpc) is 3.59. The molecule has 1 fully saturated rings. The molecule has 22 nitrogen and oxygen atoms in total. The Kier molecular flexibility index (Phi) is 11.3. The summed E-state index contributed by atoms with van der Waals surface area (Å²) in [5.74, 6) is -6.20. The highest BCUT2D eigenvalue weighted by Gasteiger charge is 2.53. The Morgan fingerprint density at radius 2 is 1.90 bits per heavy atom. The van der Waals surface area contributed by atoms with Crippen LogP contribution in [0.5, 0.6) is 0 Å². The van der Waals surface area contributed by atoms with Crippen LogP contribution in [0.3, 0.4) is 0 Å². The first-order chi connectivity index (χ1) is 23.5. The van der Waals surface area contributed by atoms with Crippen molar-refractivity contribution in [2.24, 2.45) is 23.7 Å². The van der Waals surface area contributed by atoms with Gasteiger partial charge in [0.15, 0.2) is 23.2 Å². The van der Waals surface area contributed by atoms with Crippen LogP contribution in [0.2, 0.25) is 0 Å². The maximum atomic E-state index is 13.3. The number of aliphatic carboxylic acids is 2. The van der Waals surface area contributed by atoms with Gasteiger partial charge in [-0.25, -0.2) is 4.79 Å². The van der Waals surface area contributed by atoms with Crippen LogP contribution < -0.4 is 48.7 Å². The molecule has 0 spiro atoms. The normalized spacial score (nSPS) is 17.6. The summed E-state index contributed by atoms with van der Waals surface area (Å²) < 4.78 is 6.83. The number of hydrogen-bond acceptors (Lipinski definition) is 17. The molecule has 1 saturated heterocycles. The van der Waals surface area contributed by atoms with E-state index >= 15 is 0 Å². The molecule has 4 amide bonds. The Morgan fingerprint density at radius 3 is 2.48 bits per heavy atom. The molecule has 4 heterocycles. The average molecular weight is 738 g/mol. The summed E-state index contributed by atoms with van der Waals surface area (Å²) in [6.07, 6.45) is 0.895. The summed E-state index contributed by atoms with van der Waals surface area (Å²) in [6, 6.07) is -1.72. The lowest BCUT2D eigenvalue weighted by atomic mass is 10.0. The van der Waals surface area contributed by atoms with Crippen LogP contribution in [0.1, 0.15) is 26.1 Å². The largest absolute Gasteiger partial charge is 0.543 e. The topological polar surface area (TPSA) is 345 Å². The summed E-state index contributed by atoms with van der Waals surface area (Å²) >= 11 is 1.88. The number of β-lactam (4-membered cyclic amide) rings is 1. The minimum absolute atomic E-state index is 0.0258. The predicted octanol–water partition coefficient (Wildman–Crippen LogP) is -5.25. The number of fused-ring (bicyclic) bond motifs is 1. The Labute approximate surface area is 291 Å². The van der Waals surface area contributed by atoms with Crippen molar-refractivity contribution in [1.29, 1.82) is 0 Å². The molecule has 0 bridgehead atoms. The molecule has 2 aliphatic heterocycles. The fourth-order valence-corrected chi connectivity index (χ4v) is 6.38. The van der Waals surface area contributed by atoms with Crippen LogP contribution in [0.25, 0.3) is 0 Å². The second-order valence-electron chi connectivity index (χ2n) is 11.4. The van der Waals surface area contributed by atoms with E-state index in [4.69, 9.17) is 27.8 Å². The van der Waals surface area contributed by atoms with Crippen molar-refractivity contribution in [3.8, 4) is 0 Å². The number of carboxylic acids is 2. The molecule has 270 valence electrons. The molecule has 2 aromatic heterocycles. The number of anilines is 3. The lowest BCUT2D eigenvalue weighted by Crippen LogP contribution is -2.71. The van der Waals surface area contributed by atoms with Gasteiger partial charge in [0, 0.05) is 35.9 Å². The number of nitrogen functional groups attached to an aromatic ring is 2. The SMILES string of the molecule is Cn1c(N)c(NC(=O)CC(=O)NC(CN)CN)c[n+]1CC1=C(C(=O)[O-])N2C(=O)[C@@H](NC(=O)/C(=N\OC(C)(C)C(=O)O)c3nsc(N)n3)[C@H]2SC1. The van der Waals surface area contributed by atoms with Gasteiger partial charge >= 0.3 is 5.97 Å². The van der Waals surface area contributed by atoms with E-state index in [0.29, 0.717) is 0 Å². The third-order valence-electron chi connectivity index (χ3n) is 7.45. The molecule has 2 aromatic rings. The van der Waals surface area contributed by atoms with Gasteiger partial charge in [-0.15, -0.1) is 21.1 Å². The number of nitrogens with one attached hydrogen (secondary N) is 3. The number of carbonyl (C=O) groups is 6. The summed E-state index contributed by atoms with van der Waals surface area (Å²) in [7, 11) is 1.55. The molecule has 0 unspecified atom stereocenters. The van der Waals surface area contributed by atoms with Gasteiger partial charge in [-0.3, -0.25) is 24.1 Å². The number of nitrogens with zero attached hydrogens (tertiary/aromatic N) is 6. The van der Waals surface area contributed by atoms with E-state index in [9.17, 15) is 39.0 Å². The third-order valence-corrected chi connectivity index (χ3v) is 9.33. The van der Waals surface area contributed by atoms with Crippen LogP contribution >= 0.6 is 23.3 Å². The molecule has 24 heteroatoms. The second kappa shape index (κ2) is 15.1. The minimum Gasteiger partial charge on any atom is -0.543 e. The van der Waals surface area contributed by atoms with Gasteiger partial charge in [0.1, 0.15) is 17.8 Å². The fraction of sp³-hybridized carbons (Fsp3) is 0.462. The van der Waals surface area contributed by atoms with E-state index in [0.717, 1.165) is 28.2 Å². The number of hydrogen-bond donors (Lipinski definition) is 8. The number of nitrogens with two attached hydrogens (primary N) is 4. The molecular formula is C26H35N13O9S2. The zero-order chi connectivity index (χ0) is 37.1. The number of amides is 4. The third kappa shape index (κ3) is 7.93. The Balaban J connectivity index is 1.49. The predicted molar refractivity (Wildman–Crippen MR) is 174 cm³/mol. The molecule has 0 radical (unpaired) electrons. The summed E-state index contributed by atoms with van der Waals surface area (Å²) in [5, 5.41) is 32.0. The first kappa shape index (κ1) is 37.5. The summed E-state index contributed by atoms with van der Waals surface area (Å²) in [6.45, 7) is 2.48. The van der Waals surface area contributed by atoms with E-state index in [1.165, 1.54) is 29.4 Å². The molecule has 12 N–H and O–H groups in total. The van der Waals surface area contributed by atoms with E-state index in [1.54, 1.807) is 7.05 Å². The van der Waals surface area contributed by atoms with E-state index in [-0.39, 0.29) is 53.4 Å². The van der Waals surface area contributed by atoms with E-state index < -0.39 is 76.5 Å². The van der Waals surface area contributed by atoms with Crippen molar-refractivity contribution in [3.63, 3.8) is 0 Å². The van der Waals surface area contributed by atoms with Crippen LogP contribution in [0.4, 0.5) is 16.6 Å². The van der Waals surface area contributed by atoms with Gasteiger partial charge in [-0.1, -0.05) is 5.16 Å². The molecule has 50 heavy (non-hydrogen) atoms. The lowest BCUT2D eigenvalue weighted by molar-refractivity contribution is -0.765. The molecule has 4 rings (SSSR count). The van der Waals surface area contributed by atoms with Crippen LogP contribution in [-0.4, -0.2) is 107 Å². The molecule has 2 aliphatic rings. The zero-order valence-corrected chi connectivity index (χ0v) is 28.5. The molecule has 0 aromatic carbocycles. The Morgan fingerprint density at radius 1 is 1.22 bits per heavy atom. The number of rotatable bonds is 15. The van der Waals surface area contributed by atoms with Gasteiger partial charge in [0.05, 0.1) is 24.8 Å². The first-order valence-corrected chi connectivity index (χ1v) is 16.4. The number of thioether (sulfide) groups is 1. The molecular weight excluding hydrogens is 703 g/mol. The van der Waals surface area contributed by atoms with Gasteiger partial charge in [0.25, 0.3) is 11.8 Å². The first-order valence-electron chi connectivity index (χ1n) is 14.6. The highest BCUT2D eigenvalue weighted by molar-refractivity contribution is 8.00. The molecule has 0 saturated carbocycles. The maximum absolute atomic E-state index is 13.3. The van der Waals surface area contributed by atoms with Gasteiger partial charge in [-0.05, 0) is 13.8 Å². The molecule has 0 aliphatic carbocycles. The second-order valence-corrected chi connectivity index (χ2v) is 13.3. The smallest absolute Gasteiger partial charge is 0.350 e. The summed E-state index contributed by atoms with van der Waals surface area (Å²) in [4.78, 5) is 85.0. The number of oxime groups is 1. The van der Waals surface area contributed by atoms with Gasteiger partial charge in [0.2, 0.25) is 35.1 Å². The maximum Gasteiger partial charge on any atom is 0.350 e. The Bertz CT molecular complexity index is 1780. The van der Waals surface area contributed by atoms with Crippen molar-refractivity contribution in [3.05, 3.63) is 23.3 Å². The van der Waals surface area contributed by atoms with Crippen molar-refractivity contribution in [2.75, 3.05) is 35.6 Å². The highest BCUT2D eigenvalue weighted by Crippen LogP contribution is 2.40. The number of carboxylic acid groups (broad SMARTS) is 2. The lowest BCUT2D eigenvalue weighted by Gasteiger charge is -2.50. The molecule has 2 atom stereocenters. The van der Waals surface area contributed by atoms with Crippen LogP contribution in [0.15, 0.2) is 22.6 Å². The van der Waals surface area contributed by atoms with Gasteiger partial charge in [-0.2, -0.15) is 9.36 Å². The zero-order valence-electron chi connectivity index (χ0n) is 26.9. The van der Waals surface area contributed by atoms with Crippen molar-refractivity contribution in [2.45, 2.75) is 49.9 Å². The van der Waals surface area contributed by atoms with Crippen molar-refractivity contribution < 1.29 is 48.5 Å². The van der Waals surface area contributed by atoms with E-state index in [1.807, 2.05) is 0 Å². The van der Waals surface area contributed by atoms with Crippen molar-refractivity contribution in [1.82, 2.24) is 29.6 Å². The Hall–Kier alpha value is -5.33. The monoisotopic (exact) mass is 737 g/mol. The summed E-state index contributed by atoms with van der Waals surface area (Å²) in [5.41, 5.74) is 20.4. The minimum atomic E-state index is -1.84. The van der Waals surface area contributed by atoms with Crippen LogP contribution in [0, 0.1) is 0 Å². The quantitative estimate of drug-likeness (QED) is 0.0278. The van der Waals surface area contributed by atoms with E-state index in [2.05, 4.69) is 30.5 Å². The number of carbonyl (C=O) groups excluding carboxylic acids is 5. The van der Waals surface area contributed by atoms with Crippen molar-refractivity contribution >= 4 is 81.2 Å².